The number of Topliss-reactive ketones (excluding diaryl/α,β-unsaturated/α-hetero) is 1. The Morgan fingerprint density at radius 2 is 1.79 bits per heavy atom. The zero-order valence-corrected chi connectivity index (χ0v) is 21.4. The molecule has 5 fully saturated rings. The lowest BCUT2D eigenvalue weighted by Crippen LogP contribution is -2.58. The summed E-state index contributed by atoms with van der Waals surface area (Å²) < 4.78 is 0. The molecule has 9 atom stereocenters. The highest BCUT2D eigenvalue weighted by Crippen LogP contribution is 2.69. The smallest absolute Gasteiger partial charge is 0.220 e. The standard InChI is InChI=1S/C29H47NO3/c1-17(2)30-26(33)10-7-21(18-5-6-18)22-8-9-23-27-24(12-14-29(22,23)4)28(3)13-11-20(31)15-19(28)16-25(27)32/h17-19,21-25,27,32H,5-16H2,1-4H3,(H,30,33)/t19?,21-,22+,23?,24?,25-,27?,28-,29+/m0/s1. The molecule has 0 aromatic heterocycles. The molecule has 0 aromatic rings. The maximum Gasteiger partial charge on any atom is 0.220 e. The molecule has 5 aliphatic carbocycles. The molecule has 5 rings (SSSR count). The van der Waals surface area contributed by atoms with Gasteiger partial charge in [0.15, 0.2) is 0 Å². The van der Waals surface area contributed by atoms with Crippen molar-refractivity contribution in [3.63, 3.8) is 0 Å². The van der Waals surface area contributed by atoms with E-state index in [1.165, 1.54) is 38.5 Å². The van der Waals surface area contributed by atoms with Crippen molar-refractivity contribution in [2.75, 3.05) is 0 Å². The van der Waals surface area contributed by atoms with Crippen LogP contribution in [0.4, 0.5) is 0 Å². The molecule has 2 N–H and O–H groups in total. The molecule has 0 aromatic carbocycles. The van der Waals surface area contributed by atoms with E-state index >= 15 is 0 Å². The number of hydrogen-bond acceptors (Lipinski definition) is 3. The fraction of sp³-hybridized carbons (Fsp3) is 0.931. The van der Waals surface area contributed by atoms with Gasteiger partial charge in [0.25, 0.3) is 0 Å². The van der Waals surface area contributed by atoms with Gasteiger partial charge in [0.1, 0.15) is 5.78 Å². The summed E-state index contributed by atoms with van der Waals surface area (Å²) in [5.41, 5.74) is 0.541. The lowest BCUT2D eigenvalue weighted by Gasteiger charge is -2.62. The molecule has 0 radical (unpaired) electrons. The number of rotatable bonds is 6. The molecule has 5 saturated carbocycles. The van der Waals surface area contributed by atoms with Crippen LogP contribution in [0.25, 0.3) is 0 Å². The Balaban J connectivity index is 1.34. The molecule has 4 unspecified atom stereocenters. The van der Waals surface area contributed by atoms with E-state index in [1.54, 1.807) is 0 Å². The second-order valence-electron chi connectivity index (χ2n) is 13.5. The molecule has 0 heterocycles. The molecule has 4 heteroatoms. The lowest BCUT2D eigenvalue weighted by molar-refractivity contribution is -0.169. The number of aliphatic hydroxyl groups excluding tert-OH is 1. The molecule has 0 aliphatic heterocycles. The number of fused-ring (bicyclic) bond motifs is 5. The lowest BCUT2D eigenvalue weighted by atomic mass is 9.43. The number of ketones is 1. The van der Waals surface area contributed by atoms with E-state index in [0.717, 1.165) is 31.6 Å². The Hall–Kier alpha value is -0.900. The minimum Gasteiger partial charge on any atom is -0.393 e. The zero-order chi connectivity index (χ0) is 23.5. The van der Waals surface area contributed by atoms with Crippen LogP contribution in [0.3, 0.4) is 0 Å². The average Bonchev–Trinajstić information content (AvgIpc) is 3.51. The van der Waals surface area contributed by atoms with E-state index in [2.05, 4.69) is 19.2 Å². The molecule has 0 spiro atoms. The summed E-state index contributed by atoms with van der Waals surface area (Å²) in [4.78, 5) is 24.6. The van der Waals surface area contributed by atoms with Crippen LogP contribution in [0.2, 0.25) is 0 Å². The van der Waals surface area contributed by atoms with Gasteiger partial charge in [-0.25, -0.2) is 0 Å². The third-order valence-electron chi connectivity index (χ3n) is 11.5. The first kappa shape index (κ1) is 23.8. The quantitative estimate of drug-likeness (QED) is 0.552. The van der Waals surface area contributed by atoms with Crippen molar-refractivity contribution in [1.82, 2.24) is 5.32 Å². The van der Waals surface area contributed by atoms with Crippen LogP contribution in [-0.4, -0.2) is 28.9 Å². The molecule has 1 amide bonds. The van der Waals surface area contributed by atoms with E-state index in [9.17, 15) is 14.7 Å². The van der Waals surface area contributed by atoms with Crippen LogP contribution >= 0.6 is 0 Å². The fourth-order valence-corrected chi connectivity index (χ4v) is 9.74. The van der Waals surface area contributed by atoms with Gasteiger partial charge in [0.2, 0.25) is 5.91 Å². The highest BCUT2D eigenvalue weighted by Gasteiger charge is 2.63. The van der Waals surface area contributed by atoms with Gasteiger partial charge in [0, 0.05) is 25.3 Å². The third-order valence-corrected chi connectivity index (χ3v) is 11.5. The normalized spacial score (nSPS) is 45.8. The van der Waals surface area contributed by atoms with Crippen molar-refractivity contribution in [1.29, 1.82) is 0 Å². The Bertz CT molecular complexity index is 775. The topological polar surface area (TPSA) is 66.4 Å². The van der Waals surface area contributed by atoms with E-state index in [0.29, 0.717) is 59.5 Å². The Morgan fingerprint density at radius 3 is 2.48 bits per heavy atom. The predicted octanol–water partition coefficient (Wildman–Crippen LogP) is 5.52. The van der Waals surface area contributed by atoms with Crippen molar-refractivity contribution in [3.05, 3.63) is 0 Å². The first-order valence-electron chi connectivity index (χ1n) is 14.1. The Kier molecular flexibility index (Phi) is 6.24. The molecular formula is C29H47NO3. The predicted molar refractivity (Wildman–Crippen MR) is 130 cm³/mol. The summed E-state index contributed by atoms with van der Waals surface area (Å²) in [5, 5.41) is 14.5. The second-order valence-corrected chi connectivity index (χ2v) is 13.5. The second kappa shape index (κ2) is 8.64. The summed E-state index contributed by atoms with van der Waals surface area (Å²) in [6.45, 7) is 9.10. The van der Waals surface area contributed by atoms with Crippen molar-refractivity contribution < 1.29 is 14.7 Å². The molecule has 4 nitrogen and oxygen atoms in total. The van der Waals surface area contributed by atoms with Gasteiger partial charge in [-0.2, -0.15) is 0 Å². The largest absolute Gasteiger partial charge is 0.393 e. The fourth-order valence-electron chi connectivity index (χ4n) is 9.74. The number of aliphatic hydroxyl groups is 1. The summed E-state index contributed by atoms with van der Waals surface area (Å²) >= 11 is 0. The third kappa shape index (κ3) is 4.10. The summed E-state index contributed by atoms with van der Waals surface area (Å²) in [6.07, 6.45) is 12.5. The monoisotopic (exact) mass is 457 g/mol. The molecule has 33 heavy (non-hydrogen) atoms. The number of carbonyl (C=O) groups excluding carboxylic acids is 2. The van der Waals surface area contributed by atoms with Gasteiger partial charge >= 0.3 is 0 Å². The first-order chi connectivity index (χ1) is 15.6. The van der Waals surface area contributed by atoms with Crippen LogP contribution in [0.5, 0.6) is 0 Å². The van der Waals surface area contributed by atoms with Gasteiger partial charge in [0.05, 0.1) is 6.10 Å². The van der Waals surface area contributed by atoms with Gasteiger partial charge in [-0.15, -0.1) is 0 Å². The number of amides is 1. The van der Waals surface area contributed by atoms with Gasteiger partial charge in [-0.3, -0.25) is 9.59 Å². The van der Waals surface area contributed by atoms with Crippen LogP contribution in [-0.2, 0) is 9.59 Å². The van der Waals surface area contributed by atoms with Crippen molar-refractivity contribution in [3.8, 4) is 0 Å². The highest BCUT2D eigenvalue weighted by molar-refractivity contribution is 5.79. The Morgan fingerprint density at radius 1 is 1.06 bits per heavy atom. The van der Waals surface area contributed by atoms with Crippen LogP contribution < -0.4 is 5.32 Å². The van der Waals surface area contributed by atoms with Crippen LogP contribution in [0.1, 0.15) is 105 Å². The zero-order valence-electron chi connectivity index (χ0n) is 21.4. The number of hydrogen-bond donors (Lipinski definition) is 2. The van der Waals surface area contributed by atoms with Crippen molar-refractivity contribution in [2.45, 2.75) is 117 Å². The van der Waals surface area contributed by atoms with E-state index in [-0.39, 0.29) is 23.5 Å². The van der Waals surface area contributed by atoms with Crippen molar-refractivity contribution >= 4 is 11.7 Å². The number of carbonyl (C=O) groups is 2. The van der Waals surface area contributed by atoms with Crippen LogP contribution in [0.15, 0.2) is 0 Å². The van der Waals surface area contributed by atoms with Gasteiger partial charge in [-0.1, -0.05) is 13.8 Å². The summed E-state index contributed by atoms with van der Waals surface area (Å²) in [5.74, 6) is 4.80. The maximum absolute atomic E-state index is 12.4. The molecule has 0 bridgehead atoms. The average molecular weight is 458 g/mol. The van der Waals surface area contributed by atoms with Crippen molar-refractivity contribution in [2.24, 2.45) is 52.3 Å². The van der Waals surface area contributed by atoms with E-state index in [1.807, 2.05) is 13.8 Å². The molecular weight excluding hydrogens is 410 g/mol. The van der Waals surface area contributed by atoms with Gasteiger partial charge < -0.3 is 10.4 Å². The Labute approximate surface area is 201 Å². The maximum atomic E-state index is 12.4. The highest BCUT2D eigenvalue weighted by atomic mass is 16.3. The minimum atomic E-state index is -0.237. The summed E-state index contributed by atoms with van der Waals surface area (Å²) in [6, 6.07) is 0.216. The van der Waals surface area contributed by atoms with E-state index < -0.39 is 0 Å². The van der Waals surface area contributed by atoms with E-state index in [4.69, 9.17) is 0 Å². The van der Waals surface area contributed by atoms with Crippen LogP contribution in [0, 0.1) is 52.3 Å². The first-order valence-corrected chi connectivity index (χ1v) is 14.1. The molecule has 5 aliphatic rings. The minimum absolute atomic E-state index is 0.215. The summed E-state index contributed by atoms with van der Waals surface area (Å²) in [7, 11) is 0. The molecule has 186 valence electrons. The SMILES string of the molecule is CC(C)NC(=O)CC[C@@H](C1CC1)[C@H]1CCC2C3C(CC[C@@]21C)[C@@]1(C)CCC(=O)CC1C[C@@H]3O. The number of nitrogens with one attached hydrogen (secondary N) is 1. The van der Waals surface area contributed by atoms with Gasteiger partial charge in [-0.05, 0) is 124 Å². The molecule has 0 saturated heterocycles.